The molecule has 6 nitrogen and oxygen atoms in total. The van der Waals surface area contributed by atoms with Crippen LogP contribution in [0.3, 0.4) is 0 Å². The summed E-state index contributed by atoms with van der Waals surface area (Å²) in [6.45, 7) is 2.45. The van der Waals surface area contributed by atoms with Gasteiger partial charge in [-0.2, -0.15) is 5.10 Å². The molecule has 1 aromatic heterocycles. The van der Waals surface area contributed by atoms with Gasteiger partial charge in [0.1, 0.15) is 5.69 Å². The van der Waals surface area contributed by atoms with Crippen LogP contribution >= 0.6 is 0 Å². The lowest BCUT2D eigenvalue weighted by atomic mass is 10.1. The van der Waals surface area contributed by atoms with Crippen molar-refractivity contribution in [1.82, 2.24) is 14.7 Å². The van der Waals surface area contributed by atoms with Gasteiger partial charge in [-0.1, -0.05) is 0 Å². The first-order valence-corrected chi connectivity index (χ1v) is 7.87. The number of nitrogens with one attached hydrogen (secondary N) is 1. The molecule has 2 N–H and O–H groups in total. The van der Waals surface area contributed by atoms with Crippen molar-refractivity contribution in [3.05, 3.63) is 42.0 Å². The zero-order valence-corrected chi connectivity index (χ0v) is 13.8. The Kier molecular flexibility index (Phi) is 4.28. The van der Waals surface area contributed by atoms with Crippen molar-refractivity contribution < 1.29 is 14.3 Å². The SMILES string of the molecule is Cc1cnn(-c2ccc(NC(=O)N(C)CC3(CO)CC3)cc2F)c1. The predicted octanol–water partition coefficient (Wildman–Crippen LogP) is 2.56. The lowest BCUT2D eigenvalue weighted by molar-refractivity contribution is 0.168. The maximum atomic E-state index is 14.3. The monoisotopic (exact) mass is 332 g/mol. The molecular formula is C17H21FN4O2. The van der Waals surface area contributed by atoms with E-state index in [0.29, 0.717) is 17.9 Å². The molecule has 1 saturated carbocycles. The van der Waals surface area contributed by atoms with E-state index in [9.17, 15) is 14.3 Å². The van der Waals surface area contributed by atoms with Gasteiger partial charge in [0.25, 0.3) is 0 Å². The third kappa shape index (κ3) is 3.41. The Bertz CT molecular complexity index is 755. The van der Waals surface area contributed by atoms with Crippen molar-refractivity contribution in [3.63, 3.8) is 0 Å². The number of aromatic nitrogens is 2. The van der Waals surface area contributed by atoms with Crippen molar-refractivity contribution in [3.8, 4) is 5.69 Å². The van der Waals surface area contributed by atoms with E-state index < -0.39 is 5.82 Å². The minimum Gasteiger partial charge on any atom is -0.396 e. The fourth-order valence-electron chi connectivity index (χ4n) is 2.65. The maximum Gasteiger partial charge on any atom is 0.321 e. The molecule has 0 radical (unpaired) electrons. The zero-order chi connectivity index (χ0) is 17.3. The number of hydrogen-bond acceptors (Lipinski definition) is 3. The lowest BCUT2D eigenvalue weighted by Gasteiger charge is -2.22. The number of aliphatic hydroxyl groups excluding tert-OH is 1. The second-order valence-corrected chi connectivity index (χ2v) is 6.57. The summed E-state index contributed by atoms with van der Waals surface area (Å²) in [4.78, 5) is 13.7. The molecule has 1 aliphatic rings. The van der Waals surface area contributed by atoms with Crippen LogP contribution in [0.4, 0.5) is 14.9 Å². The Hall–Kier alpha value is -2.41. The van der Waals surface area contributed by atoms with E-state index in [1.165, 1.54) is 15.6 Å². The van der Waals surface area contributed by atoms with Gasteiger partial charge < -0.3 is 15.3 Å². The third-order valence-electron chi connectivity index (χ3n) is 4.37. The number of nitrogens with zero attached hydrogens (tertiary/aromatic N) is 3. The summed E-state index contributed by atoms with van der Waals surface area (Å²) in [5.41, 5.74) is 1.49. The second kappa shape index (κ2) is 6.24. The van der Waals surface area contributed by atoms with Crippen LogP contribution in [-0.2, 0) is 0 Å². The summed E-state index contributed by atoms with van der Waals surface area (Å²) >= 11 is 0. The highest BCUT2D eigenvalue weighted by Crippen LogP contribution is 2.45. The van der Waals surface area contributed by atoms with Crippen LogP contribution < -0.4 is 5.32 Å². The van der Waals surface area contributed by atoms with Gasteiger partial charge in [-0.05, 0) is 43.5 Å². The molecule has 1 heterocycles. The van der Waals surface area contributed by atoms with Gasteiger partial charge in [-0.25, -0.2) is 13.9 Å². The van der Waals surface area contributed by atoms with Gasteiger partial charge in [0.05, 0.1) is 12.8 Å². The van der Waals surface area contributed by atoms with E-state index in [4.69, 9.17) is 0 Å². The number of urea groups is 1. The first-order chi connectivity index (χ1) is 11.4. The molecule has 2 amide bonds. The molecule has 0 atom stereocenters. The van der Waals surface area contributed by atoms with E-state index in [2.05, 4.69) is 10.4 Å². The summed E-state index contributed by atoms with van der Waals surface area (Å²) in [7, 11) is 1.67. The number of anilines is 1. The molecular weight excluding hydrogens is 311 g/mol. The van der Waals surface area contributed by atoms with Gasteiger partial charge in [0, 0.05) is 30.9 Å². The number of carbonyl (C=O) groups is 1. The quantitative estimate of drug-likeness (QED) is 0.884. The van der Waals surface area contributed by atoms with Crippen LogP contribution in [0.15, 0.2) is 30.6 Å². The predicted molar refractivity (Wildman–Crippen MR) is 88.7 cm³/mol. The van der Waals surface area contributed by atoms with E-state index in [1.807, 2.05) is 6.92 Å². The van der Waals surface area contributed by atoms with Crippen LogP contribution in [0.1, 0.15) is 18.4 Å². The first kappa shape index (κ1) is 16.4. The minimum atomic E-state index is -0.465. The summed E-state index contributed by atoms with van der Waals surface area (Å²) < 4.78 is 15.7. The van der Waals surface area contributed by atoms with Gasteiger partial charge >= 0.3 is 6.03 Å². The topological polar surface area (TPSA) is 70.4 Å². The highest BCUT2D eigenvalue weighted by Gasteiger charge is 2.43. The smallest absolute Gasteiger partial charge is 0.321 e. The molecule has 24 heavy (non-hydrogen) atoms. The summed E-state index contributed by atoms with van der Waals surface area (Å²) in [5.74, 6) is -0.465. The lowest BCUT2D eigenvalue weighted by Crippen LogP contribution is -2.37. The molecule has 0 bridgehead atoms. The Morgan fingerprint density at radius 3 is 2.79 bits per heavy atom. The molecule has 0 unspecified atom stereocenters. The Morgan fingerprint density at radius 1 is 1.50 bits per heavy atom. The number of halogens is 1. The average Bonchev–Trinajstić information content (AvgIpc) is 3.19. The minimum absolute atomic E-state index is 0.0806. The fraction of sp³-hybridized carbons (Fsp3) is 0.412. The molecule has 0 spiro atoms. The van der Waals surface area contributed by atoms with E-state index in [0.717, 1.165) is 18.4 Å². The molecule has 2 aromatic rings. The Balaban J connectivity index is 1.67. The normalized spacial score (nSPS) is 15.2. The standard InChI is InChI=1S/C17H21FN4O2/c1-12-8-19-22(9-12)15-4-3-13(7-14(15)18)20-16(24)21(2)10-17(11-23)5-6-17/h3-4,7-9,23H,5-6,10-11H2,1-2H3,(H,20,24). The van der Waals surface area contributed by atoms with Crippen LogP contribution in [0.5, 0.6) is 0 Å². The second-order valence-electron chi connectivity index (χ2n) is 6.57. The number of rotatable bonds is 5. The van der Waals surface area contributed by atoms with Crippen LogP contribution in [-0.4, -0.2) is 46.0 Å². The van der Waals surface area contributed by atoms with E-state index >= 15 is 0 Å². The molecule has 7 heteroatoms. The molecule has 0 aliphatic heterocycles. The molecule has 128 valence electrons. The number of aryl methyl sites for hydroxylation is 1. The Morgan fingerprint density at radius 2 is 2.25 bits per heavy atom. The molecule has 1 aromatic carbocycles. The van der Waals surface area contributed by atoms with Crippen LogP contribution in [0.25, 0.3) is 5.69 Å². The van der Waals surface area contributed by atoms with Crippen molar-refractivity contribution in [1.29, 1.82) is 0 Å². The van der Waals surface area contributed by atoms with Crippen molar-refractivity contribution in [2.75, 3.05) is 25.5 Å². The number of aliphatic hydroxyl groups is 1. The highest BCUT2D eigenvalue weighted by molar-refractivity contribution is 5.89. The highest BCUT2D eigenvalue weighted by atomic mass is 19.1. The Labute approximate surface area is 139 Å². The fourth-order valence-corrected chi connectivity index (χ4v) is 2.65. The van der Waals surface area contributed by atoms with E-state index in [1.54, 1.807) is 31.6 Å². The number of benzene rings is 1. The molecule has 3 rings (SSSR count). The van der Waals surface area contributed by atoms with Crippen LogP contribution in [0, 0.1) is 18.2 Å². The van der Waals surface area contributed by atoms with Gasteiger partial charge in [0.15, 0.2) is 5.82 Å². The van der Waals surface area contributed by atoms with Crippen molar-refractivity contribution in [2.45, 2.75) is 19.8 Å². The van der Waals surface area contributed by atoms with Crippen molar-refractivity contribution in [2.24, 2.45) is 5.41 Å². The largest absolute Gasteiger partial charge is 0.396 e. The number of carbonyl (C=O) groups excluding carboxylic acids is 1. The molecule has 1 fully saturated rings. The van der Waals surface area contributed by atoms with Crippen LogP contribution in [0.2, 0.25) is 0 Å². The first-order valence-electron chi connectivity index (χ1n) is 7.87. The van der Waals surface area contributed by atoms with Gasteiger partial charge in [0.2, 0.25) is 0 Å². The molecule has 0 saturated heterocycles. The molecule has 1 aliphatic carbocycles. The van der Waals surface area contributed by atoms with Gasteiger partial charge in [-0.3, -0.25) is 0 Å². The number of amides is 2. The van der Waals surface area contributed by atoms with E-state index in [-0.39, 0.29) is 18.1 Å². The third-order valence-corrected chi connectivity index (χ3v) is 4.37. The number of hydrogen-bond donors (Lipinski definition) is 2. The average molecular weight is 332 g/mol. The summed E-state index contributed by atoms with van der Waals surface area (Å²) in [5, 5.41) is 16.1. The van der Waals surface area contributed by atoms with Crippen molar-refractivity contribution >= 4 is 11.7 Å². The van der Waals surface area contributed by atoms with Gasteiger partial charge in [-0.15, -0.1) is 0 Å². The summed E-state index contributed by atoms with van der Waals surface area (Å²) in [6.07, 6.45) is 5.23. The maximum absolute atomic E-state index is 14.3. The zero-order valence-electron chi connectivity index (χ0n) is 13.8. The summed E-state index contributed by atoms with van der Waals surface area (Å²) in [6, 6.07) is 4.17.